The zero-order valence-corrected chi connectivity index (χ0v) is 12.1. The maximum Gasteiger partial charge on any atom is 0.123 e. The summed E-state index contributed by atoms with van der Waals surface area (Å²) in [5.74, 6) is 0.600. The molecule has 0 aromatic heterocycles. The maximum atomic E-state index is 13.5. The lowest BCUT2D eigenvalue weighted by molar-refractivity contribution is 0.143. The van der Waals surface area contributed by atoms with Crippen molar-refractivity contribution in [1.29, 1.82) is 0 Å². The molecule has 1 aliphatic rings. The third-order valence-electron chi connectivity index (χ3n) is 4.45. The fourth-order valence-corrected chi connectivity index (χ4v) is 2.86. The van der Waals surface area contributed by atoms with E-state index in [9.17, 15) is 4.39 Å². The van der Waals surface area contributed by atoms with Crippen molar-refractivity contribution in [3.05, 3.63) is 35.6 Å². The van der Waals surface area contributed by atoms with E-state index in [1.165, 1.54) is 18.9 Å². The van der Waals surface area contributed by atoms with Crippen LogP contribution in [0.5, 0.6) is 0 Å². The first-order valence-electron chi connectivity index (χ1n) is 7.27. The van der Waals surface area contributed by atoms with Crippen molar-refractivity contribution >= 4 is 0 Å². The fourth-order valence-electron chi connectivity index (χ4n) is 2.86. The smallest absolute Gasteiger partial charge is 0.123 e. The van der Waals surface area contributed by atoms with E-state index in [1.807, 2.05) is 6.07 Å². The topological polar surface area (TPSA) is 29.3 Å². The van der Waals surface area contributed by atoms with Crippen molar-refractivity contribution in [2.75, 3.05) is 7.05 Å². The number of hydrogen-bond donors (Lipinski definition) is 1. The summed E-state index contributed by atoms with van der Waals surface area (Å²) in [5, 5.41) is 0. The zero-order valence-electron chi connectivity index (χ0n) is 12.1. The molecular weight excluding hydrogens is 239 g/mol. The molecule has 1 saturated carbocycles. The largest absolute Gasteiger partial charge is 0.326 e. The molecule has 0 radical (unpaired) electrons. The lowest BCUT2D eigenvalue weighted by Gasteiger charge is -2.37. The second-order valence-corrected chi connectivity index (χ2v) is 5.82. The van der Waals surface area contributed by atoms with Crippen LogP contribution in [0.25, 0.3) is 0 Å². The first kappa shape index (κ1) is 14.5. The number of rotatable bonds is 6. The van der Waals surface area contributed by atoms with Crippen LogP contribution in [0, 0.1) is 11.7 Å². The van der Waals surface area contributed by atoms with Gasteiger partial charge in [0.05, 0.1) is 0 Å². The van der Waals surface area contributed by atoms with E-state index in [0.717, 1.165) is 17.9 Å². The van der Waals surface area contributed by atoms with Gasteiger partial charge in [-0.15, -0.1) is 0 Å². The molecule has 2 nitrogen and oxygen atoms in total. The van der Waals surface area contributed by atoms with Gasteiger partial charge in [-0.2, -0.15) is 0 Å². The number of nitrogens with zero attached hydrogens (tertiary/aromatic N) is 1. The first-order valence-corrected chi connectivity index (χ1v) is 7.27. The number of nitrogens with two attached hydrogens (primary N) is 1. The quantitative estimate of drug-likeness (QED) is 0.854. The average molecular weight is 264 g/mol. The standard InChI is InChI=1S/C16H25FN2/c1-4-15(18)16(13-6-5-7-14(17)10-13)19(3)11(2)12-8-9-12/h5-7,10-12,15-16H,4,8-9,18H2,1-3H3. The van der Waals surface area contributed by atoms with Gasteiger partial charge in [0.15, 0.2) is 0 Å². The first-order chi connectivity index (χ1) is 9.04. The van der Waals surface area contributed by atoms with E-state index in [4.69, 9.17) is 5.73 Å². The third kappa shape index (κ3) is 3.34. The molecule has 3 atom stereocenters. The minimum Gasteiger partial charge on any atom is -0.326 e. The second kappa shape index (κ2) is 6.02. The van der Waals surface area contributed by atoms with E-state index in [-0.39, 0.29) is 17.9 Å². The van der Waals surface area contributed by atoms with Crippen LogP contribution in [-0.2, 0) is 0 Å². The van der Waals surface area contributed by atoms with Gasteiger partial charge in [-0.05, 0) is 56.8 Å². The Balaban J connectivity index is 2.24. The van der Waals surface area contributed by atoms with Crippen molar-refractivity contribution in [3.63, 3.8) is 0 Å². The minimum absolute atomic E-state index is 0.0352. The Labute approximate surface area is 115 Å². The van der Waals surface area contributed by atoms with Gasteiger partial charge in [-0.3, -0.25) is 4.90 Å². The minimum atomic E-state index is -0.182. The van der Waals surface area contributed by atoms with Crippen LogP contribution in [0.15, 0.2) is 24.3 Å². The van der Waals surface area contributed by atoms with Crippen LogP contribution in [0.1, 0.15) is 44.7 Å². The Bertz CT molecular complexity index is 417. The van der Waals surface area contributed by atoms with E-state index >= 15 is 0 Å². The molecule has 1 fully saturated rings. The van der Waals surface area contributed by atoms with E-state index in [1.54, 1.807) is 12.1 Å². The van der Waals surface area contributed by atoms with Gasteiger partial charge in [0.1, 0.15) is 5.82 Å². The van der Waals surface area contributed by atoms with Crippen molar-refractivity contribution < 1.29 is 4.39 Å². The molecule has 3 heteroatoms. The van der Waals surface area contributed by atoms with Crippen molar-refractivity contribution in [2.24, 2.45) is 11.7 Å². The van der Waals surface area contributed by atoms with Gasteiger partial charge in [-0.1, -0.05) is 19.1 Å². The molecule has 0 spiro atoms. The Hall–Kier alpha value is -0.930. The molecule has 1 aliphatic carbocycles. The summed E-state index contributed by atoms with van der Waals surface area (Å²) >= 11 is 0. The summed E-state index contributed by atoms with van der Waals surface area (Å²) in [6.45, 7) is 4.35. The highest BCUT2D eigenvalue weighted by Crippen LogP contribution is 2.38. The summed E-state index contributed by atoms with van der Waals surface area (Å²) in [4.78, 5) is 2.33. The van der Waals surface area contributed by atoms with Gasteiger partial charge >= 0.3 is 0 Å². The molecule has 2 N–H and O–H groups in total. The zero-order chi connectivity index (χ0) is 14.0. The lowest BCUT2D eigenvalue weighted by Crippen LogP contribution is -2.43. The summed E-state index contributed by atoms with van der Waals surface area (Å²) in [7, 11) is 2.12. The van der Waals surface area contributed by atoms with Crippen molar-refractivity contribution in [1.82, 2.24) is 4.90 Å². The Morgan fingerprint density at radius 1 is 1.42 bits per heavy atom. The number of benzene rings is 1. The van der Waals surface area contributed by atoms with Crippen LogP contribution in [-0.4, -0.2) is 24.0 Å². The summed E-state index contributed by atoms with van der Waals surface area (Å²) in [5.41, 5.74) is 7.28. The predicted octanol–water partition coefficient (Wildman–Crippen LogP) is 3.33. The van der Waals surface area contributed by atoms with Gasteiger partial charge < -0.3 is 5.73 Å². The van der Waals surface area contributed by atoms with Gasteiger partial charge in [0.2, 0.25) is 0 Å². The van der Waals surface area contributed by atoms with E-state index in [2.05, 4.69) is 25.8 Å². The lowest BCUT2D eigenvalue weighted by atomic mass is 9.94. The van der Waals surface area contributed by atoms with Crippen molar-refractivity contribution in [2.45, 2.75) is 51.2 Å². The Morgan fingerprint density at radius 2 is 2.11 bits per heavy atom. The van der Waals surface area contributed by atoms with Gasteiger partial charge in [0, 0.05) is 18.1 Å². The normalized spacial score (nSPS) is 20.3. The van der Waals surface area contributed by atoms with Crippen LogP contribution >= 0.6 is 0 Å². The second-order valence-electron chi connectivity index (χ2n) is 5.82. The van der Waals surface area contributed by atoms with Crippen LogP contribution in [0.2, 0.25) is 0 Å². The van der Waals surface area contributed by atoms with Gasteiger partial charge in [0.25, 0.3) is 0 Å². The van der Waals surface area contributed by atoms with Crippen LogP contribution < -0.4 is 5.73 Å². The van der Waals surface area contributed by atoms with Crippen molar-refractivity contribution in [3.8, 4) is 0 Å². The molecule has 2 rings (SSSR count). The SMILES string of the molecule is CCC(N)C(c1cccc(F)c1)N(C)C(C)C1CC1. The number of hydrogen-bond acceptors (Lipinski definition) is 2. The maximum absolute atomic E-state index is 13.5. The molecule has 0 aliphatic heterocycles. The predicted molar refractivity (Wildman–Crippen MR) is 77.4 cm³/mol. The molecule has 0 amide bonds. The highest BCUT2D eigenvalue weighted by Gasteiger charge is 2.35. The molecule has 1 aromatic rings. The molecule has 1 aromatic carbocycles. The average Bonchev–Trinajstić information content (AvgIpc) is 3.22. The molecule has 0 saturated heterocycles. The van der Waals surface area contributed by atoms with E-state index < -0.39 is 0 Å². The summed E-state index contributed by atoms with van der Waals surface area (Å²) in [6.07, 6.45) is 3.51. The van der Waals surface area contributed by atoms with Crippen LogP contribution in [0.3, 0.4) is 0 Å². The molecule has 106 valence electrons. The molecule has 0 bridgehead atoms. The Kier molecular flexibility index (Phi) is 4.58. The van der Waals surface area contributed by atoms with E-state index in [0.29, 0.717) is 6.04 Å². The highest BCUT2D eigenvalue weighted by molar-refractivity contribution is 5.22. The molecule has 3 unspecified atom stereocenters. The molecule has 0 heterocycles. The fraction of sp³-hybridized carbons (Fsp3) is 0.625. The monoisotopic (exact) mass is 264 g/mol. The number of likely N-dealkylation sites (N-methyl/N-ethyl adjacent to an activating group) is 1. The Morgan fingerprint density at radius 3 is 2.63 bits per heavy atom. The molecule has 19 heavy (non-hydrogen) atoms. The molecular formula is C16H25FN2. The third-order valence-corrected chi connectivity index (χ3v) is 4.45. The highest BCUT2D eigenvalue weighted by atomic mass is 19.1. The summed E-state index contributed by atoms with van der Waals surface area (Å²) in [6, 6.07) is 7.50. The van der Waals surface area contributed by atoms with Gasteiger partial charge in [-0.25, -0.2) is 4.39 Å². The number of halogens is 1. The van der Waals surface area contributed by atoms with Crippen LogP contribution in [0.4, 0.5) is 4.39 Å². The summed E-state index contributed by atoms with van der Waals surface area (Å²) < 4.78 is 13.5.